The van der Waals surface area contributed by atoms with E-state index in [1.54, 1.807) is 45.9 Å². The van der Waals surface area contributed by atoms with Crippen LogP contribution in [-0.2, 0) is 4.74 Å². The summed E-state index contributed by atoms with van der Waals surface area (Å²) >= 11 is 0. The van der Waals surface area contributed by atoms with Gasteiger partial charge in [0.1, 0.15) is 11.3 Å². The van der Waals surface area contributed by atoms with Crippen molar-refractivity contribution >= 4 is 11.9 Å². The van der Waals surface area contributed by atoms with Crippen LogP contribution in [-0.4, -0.2) is 18.7 Å². The quantitative estimate of drug-likeness (QED) is 0.555. The topological polar surface area (TPSA) is 56.5 Å². The maximum absolute atomic E-state index is 11.8. The number of ether oxygens (including phenoxy) is 1. The van der Waals surface area contributed by atoms with E-state index in [2.05, 4.69) is 0 Å². The number of pyridine rings is 1. The van der Waals surface area contributed by atoms with Crippen molar-refractivity contribution in [1.29, 1.82) is 0 Å². The minimum absolute atomic E-state index is 0.249. The molecular formula is C12H18N2O3. The van der Waals surface area contributed by atoms with Crippen LogP contribution in [0.15, 0.2) is 18.2 Å². The lowest BCUT2D eigenvalue weighted by Gasteiger charge is -2.22. The molecule has 17 heavy (non-hydrogen) atoms. The second kappa shape index (κ2) is 4.61. The van der Waals surface area contributed by atoms with Gasteiger partial charge in [-0.25, -0.2) is 4.73 Å². The predicted molar refractivity (Wildman–Crippen MR) is 64.8 cm³/mol. The fourth-order valence-corrected chi connectivity index (χ4v) is 1.26. The van der Waals surface area contributed by atoms with Crippen LogP contribution in [0.5, 0.6) is 0 Å². The molecule has 0 spiro atoms. The fourth-order valence-electron chi connectivity index (χ4n) is 1.26. The third-order valence-electron chi connectivity index (χ3n) is 2.12. The van der Waals surface area contributed by atoms with E-state index in [0.717, 1.165) is 0 Å². The number of hydrogen-bond donors (Lipinski definition) is 0. The van der Waals surface area contributed by atoms with Crippen molar-refractivity contribution in [2.24, 2.45) is 0 Å². The molecule has 5 nitrogen and oxygen atoms in total. The molecule has 1 rings (SSSR count). The van der Waals surface area contributed by atoms with E-state index < -0.39 is 11.7 Å². The molecule has 0 atom stereocenters. The van der Waals surface area contributed by atoms with E-state index in [1.165, 1.54) is 11.9 Å². The maximum atomic E-state index is 11.8. The minimum Gasteiger partial charge on any atom is -0.710 e. The summed E-state index contributed by atoms with van der Waals surface area (Å²) in [6.07, 6.45) is -0.548. The lowest BCUT2D eigenvalue weighted by Crippen LogP contribution is -2.43. The Labute approximate surface area is 101 Å². The molecule has 0 saturated carbocycles. The van der Waals surface area contributed by atoms with E-state index in [9.17, 15) is 10.0 Å². The zero-order chi connectivity index (χ0) is 13.2. The van der Waals surface area contributed by atoms with Gasteiger partial charge < -0.3 is 9.94 Å². The molecule has 0 N–H and O–H groups in total. The zero-order valence-corrected chi connectivity index (χ0v) is 10.9. The summed E-state index contributed by atoms with van der Waals surface area (Å²) in [7, 11) is 1.51. The van der Waals surface area contributed by atoms with Crippen LogP contribution >= 0.6 is 0 Å². The third-order valence-corrected chi connectivity index (χ3v) is 2.12. The molecule has 0 aliphatic carbocycles. The number of hydrogen-bond acceptors (Lipinski definition) is 3. The van der Waals surface area contributed by atoms with E-state index in [-0.39, 0.29) is 5.82 Å². The molecule has 0 fully saturated rings. The van der Waals surface area contributed by atoms with Gasteiger partial charge in [-0.15, -0.1) is 0 Å². The molecule has 1 heterocycles. The van der Waals surface area contributed by atoms with Gasteiger partial charge in [-0.1, -0.05) is 6.07 Å². The Morgan fingerprint density at radius 1 is 1.41 bits per heavy atom. The SMILES string of the molecule is Cc1cccc(N(C)C(=O)OC(C)(C)C)[n+]1[O-]. The van der Waals surface area contributed by atoms with Crippen molar-refractivity contribution in [2.75, 3.05) is 11.9 Å². The number of carbonyl (C=O) groups is 1. The zero-order valence-electron chi connectivity index (χ0n) is 10.9. The van der Waals surface area contributed by atoms with Crippen molar-refractivity contribution in [1.82, 2.24) is 0 Å². The first kappa shape index (κ1) is 13.3. The highest BCUT2D eigenvalue weighted by atomic mass is 16.6. The largest absolute Gasteiger partial charge is 0.710 e. The minimum atomic E-state index is -0.580. The molecule has 1 aromatic rings. The molecule has 0 unspecified atom stereocenters. The highest BCUT2D eigenvalue weighted by molar-refractivity contribution is 5.85. The summed E-state index contributed by atoms with van der Waals surface area (Å²) in [4.78, 5) is 13.0. The Morgan fingerprint density at radius 2 is 2.00 bits per heavy atom. The second-order valence-electron chi connectivity index (χ2n) is 4.86. The van der Waals surface area contributed by atoms with Gasteiger partial charge in [-0.05, 0) is 33.8 Å². The molecular weight excluding hydrogens is 220 g/mol. The molecule has 0 aliphatic rings. The number of aromatic nitrogens is 1. The smallest absolute Gasteiger partial charge is 0.507 e. The lowest BCUT2D eigenvalue weighted by atomic mass is 10.2. The summed E-state index contributed by atoms with van der Waals surface area (Å²) < 4.78 is 5.88. The van der Waals surface area contributed by atoms with E-state index in [1.807, 2.05) is 0 Å². The molecule has 1 amide bonds. The Kier molecular flexibility index (Phi) is 3.60. The highest BCUT2D eigenvalue weighted by Crippen LogP contribution is 2.13. The van der Waals surface area contributed by atoms with Gasteiger partial charge in [0, 0.05) is 6.07 Å². The fraction of sp³-hybridized carbons (Fsp3) is 0.500. The Balaban J connectivity index is 2.93. The monoisotopic (exact) mass is 238 g/mol. The van der Waals surface area contributed by atoms with Crippen LogP contribution < -0.4 is 9.63 Å². The standard InChI is InChI=1S/C12H18N2O3/c1-9-7-6-8-10(14(9)16)13(5)11(15)17-12(2,3)4/h6-8H,1-5H3. The van der Waals surface area contributed by atoms with Crippen LogP contribution in [0.1, 0.15) is 26.5 Å². The summed E-state index contributed by atoms with van der Waals surface area (Å²) in [6, 6.07) is 4.98. The second-order valence-corrected chi connectivity index (χ2v) is 4.86. The van der Waals surface area contributed by atoms with Gasteiger partial charge >= 0.3 is 6.09 Å². The molecule has 5 heteroatoms. The van der Waals surface area contributed by atoms with Crippen molar-refractivity contribution < 1.29 is 14.3 Å². The maximum Gasteiger partial charge on any atom is 0.507 e. The number of anilines is 1. The van der Waals surface area contributed by atoms with Gasteiger partial charge in [-0.2, -0.15) is 9.69 Å². The molecule has 94 valence electrons. The van der Waals surface area contributed by atoms with E-state index in [4.69, 9.17) is 4.74 Å². The number of carbonyl (C=O) groups excluding carboxylic acids is 1. The van der Waals surface area contributed by atoms with Gasteiger partial charge in [0.25, 0.3) is 5.82 Å². The van der Waals surface area contributed by atoms with Gasteiger partial charge in [0.05, 0.1) is 7.05 Å². The number of rotatable bonds is 1. The Bertz CT molecular complexity index is 424. The van der Waals surface area contributed by atoms with Gasteiger partial charge in [-0.3, -0.25) is 0 Å². The molecule has 0 aliphatic heterocycles. The predicted octanol–water partition coefficient (Wildman–Crippen LogP) is 2.00. The average Bonchev–Trinajstić information content (AvgIpc) is 2.18. The number of nitrogens with zero attached hydrogens (tertiary/aromatic N) is 2. The first-order valence-corrected chi connectivity index (χ1v) is 5.38. The molecule has 1 aromatic heterocycles. The molecule has 0 saturated heterocycles. The lowest BCUT2D eigenvalue weighted by molar-refractivity contribution is -0.598. The summed E-state index contributed by atoms with van der Waals surface area (Å²) in [5, 5.41) is 11.7. The average molecular weight is 238 g/mol. The summed E-state index contributed by atoms with van der Waals surface area (Å²) in [6.45, 7) is 7.01. The Morgan fingerprint density at radius 3 is 2.53 bits per heavy atom. The van der Waals surface area contributed by atoms with Crippen LogP contribution in [0.3, 0.4) is 0 Å². The first-order valence-electron chi connectivity index (χ1n) is 5.38. The number of aryl methyl sites for hydroxylation is 1. The van der Waals surface area contributed by atoms with Crippen molar-refractivity contribution in [3.8, 4) is 0 Å². The summed E-state index contributed by atoms with van der Waals surface area (Å²) in [5.41, 5.74) is -0.0546. The van der Waals surface area contributed by atoms with Gasteiger partial charge in [0.15, 0.2) is 0 Å². The number of amides is 1. The van der Waals surface area contributed by atoms with Crippen molar-refractivity contribution in [3.05, 3.63) is 29.1 Å². The van der Waals surface area contributed by atoms with Crippen molar-refractivity contribution in [2.45, 2.75) is 33.3 Å². The normalized spacial score (nSPS) is 11.1. The van der Waals surface area contributed by atoms with Crippen molar-refractivity contribution in [3.63, 3.8) is 0 Å². The van der Waals surface area contributed by atoms with E-state index >= 15 is 0 Å². The Hall–Kier alpha value is -1.78. The first-order chi connectivity index (χ1) is 7.72. The third kappa shape index (κ3) is 3.34. The summed E-state index contributed by atoms with van der Waals surface area (Å²) in [5.74, 6) is 0.249. The van der Waals surface area contributed by atoms with Crippen LogP contribution in [0.4, 0.5) is 10.6 Å². The van der Waals surface area contributed by atoms with Crippen LogP contribution in [0, 0.1) is 12.1 Å². The molecule has 0 radical (unpaired) electrons. The molecule has 0 bridgehead atoms. The molecule has 0 aromatic carbocycles. The van der Waals surface area contributed by atoms with Crippen LogP contribution in [0.25, 0.3) is 0 Å². The van der Waals surface area contributed by atoms with Gasteiger partial charge in [0.2, 0.25) is 0 Å². The highest BCUT2D eigenvalue weighted by Gasteiger charge is 2.27. The van der Waals surface area contributed by atoms with Crippen LogP contribution in [0.2, 0.25) is 0 Å². The van der Waals surface area contributed by atoms with E-state index in [0.29, 0.717) is 10.4 Å².